The van der Waals surface area contributed by atoms with Crippen LogP contribution in [0, 0.1) is 0 Å². The molecule has 25 heavy (non-hydrogen) atoms. The smallest absolute Gasteiger partial charge is 0.244 e. The van der Waals surface area contributed by atoms with Gasteiger partial charge in [-0.1, -0.05) is 23.7 Å². The summed E-state index contributed by atoms with van der Waals surface area (Å²) < 4.78 is 10.9. The van der Waals surface area contributed by atoms with E-state index in [0.717, 1.165) is 43.6 Å². The van der Waals surface area contributed by atoms with Crippen LogP contribution in [0.2, 0.25) is 0 Å². The SMILES string of the molecule is CCc1noc(C2CCCCN2Cc2nc(-c3cccnc3)no2)n1. The summed E-state index contributed by atoms with van der Waals surface area (Å²) in [5.41, 5.74) is 0.845. The second-order valence-corrected chi connectivity index (χ2v) is 6.14. The van der Waals surface area contributed by atoms with Crippen molar-refractivity contribution in [2.45, 2.75) is 45.2 Å². The molecule has 1 aliphatic rings. The van der Waals surface area contributed by atoms with Gasteiger partial charge >= 0.3 is 0 Å². The zero-order chi connectivity index (χ0) is 17.1. The van der Waals surface area contributed by atoms with Crippen LogP contribution in [0.3, 0.4) is 0 Å². The van der Waals surface area contributed by atoms with Crippen molar-refractivity contribution in [3.05, 3.63) is 42.1 Å². The molecular weight excluding hydrogens is 320 g/mol. The first-order valence-corrected chi connectivity index (χ1v) is 8.63. The molecule has 0 saturated carbocycles. The molecule has 130 valence electrons. The van der Waals surface area contributed by atoms with Crippen molar-refractivity contribution in [3.8, 4) is 11.4 Å². The van der Waals surface area contributed by atoms with Crippen LogP contribution < -0.4 is 0 Å². The number of aryl methyl sites for hydroxylation is 1. The molecule has 0 bridgehead atoms. The van der Waals surface area contributed by atoms with E-state index in [9.17, 15) is 0 Å². The lowest BCUT2D eigenvalue weighted by molar-refractivity contribution is 0.0986. The lowest BCUT2D eigenvalue weighted by Gasteiger charge is -2.31. The van der Waals surface area contributed by atoms with Gasteiger partial charge in [-0.2, -0.15) is 9.97 Å². The minimum Gasteiger partial charge on any atom is -0.338 e. The van der Waals surface area contributed by atoms with Gasteiger partial charge in [0.2, 0.25) is 17.6 Å². The van der Waals surface area contributed by atoms with Gasteiger partial charge in [0, 0.05) is 24.4 Å². The monoisotopic (exact) mass is 340 g/mol. The van der Waals surface area contributed by atoms with Gasteiger partial charge in [-0.3, -0.25) is 9.88 Å². The zero-order valence-corrected chi connectivity index (χ0v) is 14.1. The quantitative estimate of drug-likeness (QED) is 0.700. The predicted octanol–water partition coefficient (Wildman–Crippen LogP) is 2.80. The van der Waals surface area contributed by atoms with Gasteiger partial charge in [0.15, 0.2) is 5.82 Å². The molecule has 0 spiro atoms. The molecule has 3 aromatic heterocycles. The highest BCUT2D eigenvalue weighted by Crippen LogP contribution is 2.31. The van der Waals surface area contributed by atoms with E-state index >= 15 is 0 Å². The van der Waals surface area contributed by atoms with E-state index < -0.39 is 0 Å². The lowest BCUT2D eigenvalue weighted by Crippen LogP contribution is -2.33. The highest BCUT2D eigenvalue weighted by atomic mass is 16.5. The molecule has 1 saturated heterocycles. The van der Waals surface area contributed by atoms with Crippen molar-refractivity contribution in [1.82, 2.24) is 30.2 Å². The second kappa shape index (κ2) is 7.10. The Morgan fingerprint density at radius 1 is 1.20 bits per heavy atom. The first-order valence-electron chi connectivity index (χ1n) is 8.63. The van der Waals surface area contributed by atoms with E-state index in [2.05, 4.69) is 30.2 Å². The highest BCUT2D eigenvalue weighted by molar-refractivity contribution is 5.51. The zero-order valence-electron chi connectivity index (χ0n) is 14.1. The number of rotatable bonds is 5. The third kappa shape index (κ3) is 3.43. The predicted molar refractivity (Wildman–Crippen MR) is 88.2 cm³/mol. The fourth-order valence-corrected chi connectivity index (χ4v) is 3.11. The maximum absolute atomic E-state index is 5.46. The van der Waals surface area contributed by atoms with Crippen LogP contribution in [-0.2, 0) is 13.0 Å². The summed E-state index contributed by atoms with van der Waals surface area (Å²) in [6.45, 7) is 3.53. The molecule has 0 aromatic carbocycles. The van der Waals surface area contributed by atoms with Gasteiger partial charge in [-0.15, -0.1) is 0 Å². The van der Waals surface area contributed by atoms with E-state index in [1.807, 2.05) is 19.1 Å². The van der Waals surface area contributed by atoms with Crippen LogP contribution in [-0.4, -0.2) is 36.7 Å². The molecule has 3 aromatic rings. The number of hydrogen-bond donors (Lipinski definition) is 0. The van der Waals surface area contributed by atoms with Gasteiger partial charge < -0.3 is 9.05 Å². The summed E-state index contributed by atoms with van der Waals surface area (Å²) in [6.07, 6.45) is 7.49. The Bertz CT molecular complexity index is 815. The average Bonchev–Trinajstić information content (AvgIpc) is 3.32. The first-order chi connectivity index (χ1) is 12.3. The molecule has 1 fully saturated rings. The van der Waals surface area contributed by atoms with Gasteiger partial charge in [0.05, 0.1) is 12.6 Å². The van der Waals surface area contributed by atoms with E-state index in [1.165, 1.54) is 0 Å². The number of nitrogens with zero attached hydrogens (tertiary/aromatic N) is 6. The van der Waals surface area contributed by atoms with Crippen LogP contribution >= 0.6 is 0 Å². The van der Waals surface area contributed by atoms with Gasteiger partial charge in [0.1, 0.15) is 0 Å². The highest BCUT2D eigenvalue weighted by Gasteiger charge is 2.30. The Kier molecular flexibility index (Phi) is 4.51. The second-order valence-electron chi connectivity index (χ2n) is 6.14. The first kappa shape index (κ1) is 15.9. The normalized spacial score (nSPS) is 18.5. The Labute approximate surface area is 145 Å². The minimum absolute atomic E-state index is 0.107. The van der Waals surface area contributed by atoms with Gasteiger partial charge in [-0.25, -0.2) is 0 Å². The topological polar surface area (TPSA) is 94.0 Å². The summed E-state index contributed by atoms with van der Waals surface area (Å²) in [5, 5.41) is 8.09. The molecule has 0 amide bonds. The molecule has 0 aliphatic carbocycles. The van der Waals surface area contributed by atoms with Crippen molar-refractivity contribution in [2.75, 3.05) is 6.54 Å². The Hall–Kier alpha value is -2.61. The number of pyridine rings is 1. The largest absolute Gasteiger partial charge is 0.338 e. The third-order valence-electron chi connectivity index (χ3n) is 4.42. The van der Waals surface area contributed by atoms with Crippen molar-refractivity contribution in [1.29, 1.82) is 0 Å². The number of piperidine rings is 1. The summed E-state index contributed by atoms with van der Waals surface area (Å²) in [5.74, 6) is 2.57. The molecule has 1 aliphatic heterocycles. The maximum Gasteiger partial charge on any atom is 0.244 e. The van der Waals surface area contributed by atoms with E-state index in [4.69, 9.17) is 9.05 Å². The van der Waals surface area contributed by atoms with Crippen LogP contribution in [0.25, 0.3) is 11.4 Å². The van der Waals surface area contributed by atoms with Crippen LogP contribution in [0.4, 0.5) is 0 Å². The standard InChI is InChI=1S/C17H20N6O2/c1-2-14-19-17(25-21-14)13-7-3-4-9-23(13)11-15-20-16(22-24-15)12-6-5-8-18-10-12/h5-6,8,10,13H,2-4,7,9,11H2,1H3. The summed E-state index contributed by atoms with van der Waals surface area (Å²) in [6, 6.07) is 3.87. The molecule has 0 radical (unpaired) electrons. The Morgan fingerprint density at radius 3 is 2.96 bits per heavy atom. The van der Waals surface area contributed by atoms with Crippen LogP contribution in [0.1, 0.15) is 49.8 Å². The van der Waals surface area contributed by atoms with E-state index in [-0.39, 0.29) is 6.04 Å². The van der Waals surface area contributed by atoms with Crippen molar-refractivity contribution >= 4 is 0 Å². The van der Waals surface area contributed by atoms with E-state index in [0.29, 0.717) is 24.2 Å². The van der Waals surface area contributed by atoms with Gasteiger partial charge in [-0.05, 0) is 31.5 Å². The molecule has 4 rings (SSSR count). The fraction of sp³-hybridized carbons (Fsp3) is 0.471. The summed E-state index contributed by atoms with van der Waals surface area (Å²) >= 11 is 0. The molecule has 0 N–H and O–H groups in total. The minimum atomic E-state index is 0.107. The Balaban J connectivity index is 1.51. The number of aromatic nitrogens is 5. The summed E-state index contributed by atoms with van der Waals surface area (Å²) in [4.78, 5) is 15.4. The maximum atomic E-state index is 5.46. The molecular formula is C17H20N6O2. The van der Waals surface area contributed by atoms with Crippen molar-refractivity contribution in [3.63, 3.8) is 0 Å². The van der Waals surface area contributed by atoms with E-state index in [1.54, 1.807) is 12.4 Å². The molecule has 4 heterocycles. The Morgan fingerprint density at radius 2 is 2.16 bits per heavy atom. The summed E-state index contributed by atoms with van der Waals surface area (Å²) in [7, 11) is 0. The number of hydrogen-bond acceptors (Lipinski definition) is 8. The molecule has 8 nitrogen and oxygen atoms in total. The van der Waals surface area contributed by atoms with Gasteiger partial charge in [0.25, 0.3) is 0 Å². The van der Waals surface area contributed by atoms with Crippen LogP contribution in [0.15, 0.2) is 33.6 Å². The molecule has 1 unspecified atom stereocenters. The fourth-order valence-electron chi connectivity index (χ4n) is 3.11. The average molecular weight is 340 g/mol. The molecule has 8 heteroatoms. The van der Waals surface area contributed by atoms with Crippen molar-refractivity contribution in [2.24, 2.45) is 0 Å². The lowest BCUT2D eigenvalue weighted by atomic mass is 10.0. The third-order valence-corrected chi connectivity index (χ3v) is 4.42. The molecule has 1 atom stereocenters. The van der Waals surface area contributed by atoms with Crippen LogP contribution in [0.5, 0.6) is 0 Å². The number of likely N-dealkylation sites (tertiary alicyclic amines) is 1. The van der Waals surface area contributed by atoms with Crippen molar-refractivity contribution < 1.29 is 9.05 Å².